The number of nitrogens with one attached hydrogen (secondary N) is 2. The highest BCUT2D eigenvalue weighted by molar-refractivity contribution is 5.95. The summed E-state index contributed by atoms with van der Waals surface area (Å²) in [4.78, 5) is 28.2. The molecule has 0 radical (unpaired) electrons. The molecule has 2 N–H and O–H groups in total. The SMILES string of the molecule is CC(C)C(=O)Nc1ccc(CNC(=O)/C=C/c2cccc3cccnc23)cc1. The topological polar surface area (TPSA) is 71.1 Å². The Kier molecular flexibility index (Phi) is 6.17. The van der Waals surface area contributed by atoms with E-state index in [9.17, 15) is 9.59 Å². The van der Waals surface area contributed by atoms with Crippen LogP contribution in [0.15, 0.2) is 66.9 Å². The Balaban J connectivity index is 1.57. The molecule has 0 unspecified atom stereocenters. The maximum absolute atomic E-state index is 12.1. The standard InChI is InChI=1S/C23H23N3O2/c1-16(2)23(28)26-20-11-8-17(9-12-20)15-25-21(27)13-10-19-6-3-5-18-7-4-14-24-22(18)19/h3-14,16H,15H2,1-2H3,(H,25,27)(H,26,28)/b13-10+. The van der Waals surface area contributed by atoms with Crippen LogP contribution in [0.2, 0.25) is 0 Å². The average Bonchev–Trinajstić information content (AvgIpc) is 2.71. The van der Waals surface area contributed by atoms with Crippen molar-refractivity contribution in [2.45, 2.75) is 20.4 Å². The number of hydrogen-bond donors (Lipinski definition) is 2. The van der Waals surface area contributed by atoms with Crippen molar-refractivity contribution in [3.8, 4) is 0 Å². The number of para-hydroxylation sites is 1. The van der Waals surface area contributed by atoms with Gasteiger partial charge < -0.3 is 10.6 Å². The Morgan fingerprint density at radius 2 is 1.79 bits per heavy atom. The highest BCUT2D eigenvalue weighted by Gasteiger charge is 2.07. The average molecular weight is 373 g/mol. The molecule has 0 spiro atoms. The second kappa shape index (κ2) is 8.95. The normalized spacial score (nSPS) is 11.1. The predicted octanol–water partition coefficient (Wildman–Crippen LogP) is 4.16. The molecular formula is C23H23N3O2. The molecule has 0 saturated heterocycles. The maximum Gasteiger partial charge on any atom is 0.244 e. The van der Waals surface area contributed by atoms with Gasteiger partial charge in [-0.2, -0.15) is 0 Å². The van der Waals surface area contributed by atoms with Gasteiger partial charge in [0.05, 0.1) is 5.52 Å². The van der Waals surface area contributed by atoms with Gasteiger partial charge in [-0.15, -0.1) is 0 Å². The molecule has 142 valence electrons. The van der Waals surface area contributed by atoms with Gasteiger partial charge in [-0.3, -0.25) is 14.6 Å². The summed E-state index contributed by atoms with van der Waals surface area (Å²) in [5, 5.41) is 6.74. The fraction of sp³-hybridized carbons (Fsp3) is 0.174. The minimum absolute atomic E-state index is 0.0193. The molecule has 1 aromatic heterocycles. The minimum atomic E-state index is -0.176. The number of pyridine rings is 1. The van der Waals surface area contributed by atoms with E-state index in [1.807, 2.05) is 68.4 Å². The van der Waals surface area contributed by atoms with Crippen molar-refractivity contribution >= 4 is 34.5 Å². The van der Waals surface area contributed by atoms with Gasteiger partial charge in [-0.25, -0.2) is 0 Å². The molecule has 0 bridgehead atoms. The van der Waals surface area contributed by atoms with Crippen LogP contribution in [0.1, 0.15) is 25.0 Å². The summed E-state index contributed by atoms with van der Waals surface area (Å²) < 4.78 is 0. The number of aromatic nitrogens is 1. The molecular weight excluding hydrogens is 350 g/mol. The summed E-state index contributed by atoms with van der Waals surface area (Å²) in [7, 11) is 0. The van der Waals surface area contributed by atoms with Crippen LogP contribution < -0.4 is 10.6 Å². The third-order valence-corrected chi connectivity index (χ3v) is 4.29. The molecule has 3 aromatic rings. The van der Waals surface area contributed by atoms with Gasteiger partial charge in [-0.05, 0) is 29.8 Å². The summed E-state index contributed by atoms with van der Waals surface area (Å²) >= 11 is 0. The third-order valence-electron chi connectivity index (χ3n) is 4.29. The first kappa shape index (κ1) is 19.3. The van der Waals surface area contributed by atoms with Gasteiger partial charge in [0.1, 0.15) is 0 Å². The zero-order valence-electron chi connectivity index (χ0n) is 16.0. The van der Waals surface area contributed by atoms with E-state index in [1.54, 1.807) is 12.3 Å². The zero-order valence-corrected chi connectivity index (χ0v) is 16.0. The second-order valence-electron chi connectivity index (χ2n) is 6.81. The minimum Gasteiger partial charge on any atom is -0.348 e. The molecule has 0 fully saturated rings. The lowest BCUT2D eigenvalue weighted by Crippen LogP contribution is -2.20. The van der Waals surface area contributed by atoms with Crippen LogP contribution in [0, 0.1) is 5.92 Å². The first-order valence-electron chi connectivity index (χ1n) is 9.22. The van der Waals surface area contributed by atoms with Crippen molar-refractivity contribution in [2.24, 2.45) is 5.92 Å². The van der Waals surface area contributed by atoms with E-state index in [2.05, 4.69) is 15.6 Å². The maximum atomic E-state index is 12.1. The van der Waals surface area contributed by atoms with Crippen LogP contribution in [0.4, 0.5) is 5.69 Å². The molecule has 0 atom stereocenters. The first-order valence-corrected chi connectivity index (χ1v) is 9.22. The summed E-state index contributed by atoms with van der Waals surface area (Å²) in [5.41, 5.74) is 3.47. The molecule has 3 rings (SSSR count). The smallest absolute Gasteiger partial charge is 0.244 e. The van der Waals surface area contributed by atoms with E-state index in [4.69, 9.17) is 0 Å². The van der Waals surface area contributed by atoms with Crippen LogP contribution in [-0.2, 0) is 16.1 Å². The van der Waals surface area contributed by atoms with Gasteiger partial charge in [0.15, 0.2) is 0 Å². The number of fused-ring (bicyclic) bond motifs is 1. The highest BCUT2D eigenvalue weighted by atomic mass is 16.2. The van der Waals surface area contributed by atoms with E-state index in [1.165, 1.54) is 6.08 Å². The molecule has 0 aliphatic heterocycles. The number of carbonyl (C=O) groups is 2. The second-order valence-corrected chi connectivity index (χ2v) is 6.81. The van der Waals surface area contributed by atoms with Crippen LogP contribution in [0.25, 0.3) is 17.0 Å². The first-order chi connectivity index (χ1) is 13.5. The van der Waals surface area contributed by atoms with Crippen LogP contribution in [0.5, 0.6) is 0 Å². The number of anilines is 1. The lowest BCUT2D eigenvalue weighted by molar-refractivity contribution is -0.119. The van der Waals surface area contributed by atoms with E-state index in [0.717, 1.165) is 27.7 Å². The van der Waals surface area contributed by atoms with Gasteiger partial charge in [-0.1, -0.05) is 50.2 Å². The van der Waals surface area contributed by atoms with Crippen LogP contribution in [0.3, 0.4) is 0 Å². The number of amides is 2. The molecule has 2 aromatic carbocycles. The number of hydrogen-bond acceptors (Lipinski definition) is 3. The van der Waals surface area contributed by atoms with E-state index >= 15 is 0 Å². The molecule has 0 saturated carbocycles. The van der Waals surface area contributed by atoms with Gasteiger partial charge in [0.2, 0.25) is 11.8 Å². The van der Waals surface area contributed by atoms with Gasteiger partial charge in [0, 0.05) is 41.4 Å². The highest BCUT2D eigenvalue weighted by Crippen LogP contribution is 2.17. The lowest BCUT2D eigenvalue weighted by Gasteiger charge is -2.08. The number of benzene rings is 2. The van der Waals surface area contributed by atoms with E-state index < -0.39 is 0 Å². The molecule has 2 amide bonds. The Bertz CT molecular complexity index is 1000. The fourth-order valence-electron chi connectivity index (χ4n) is 2.67. The van der Waals surface area contributed by atoms with Crippen molar-refractivity contribution in [1.82, 2.24) is 10.3 Å². The quantitative estimate of drug-likeness (QED) is 0.638. The lowest BCUT2D eigenvalue weighted by atomic mass is 10.1. The monoisotopic (exact) mass is 373 g/mol. The zero-order chi connectivity index (χ0) is 19.9. The van der Waals surface area contributed by atoms with Crippen molar-refractivity contribution < 1.29 is 9.59 Å². The number of carbonyl (C=O) groups excluding carboxylic acids is 2. The molecule has 1 heterocycles. The molecule has 0 aliphatic carbocycles. The van der Waals surface area contributed by atoms with E-state index in [-0.39, 0.29) is 17.7 Å². The van der Waals surface area contributed by atoms with Gasteiger partial charge >= 0.3 is 0 Å². The third kappa shape index (κ3) is 5.04. The summed E-state index contributed by atoms with van der Waals surface area (Å²) in [5.74, 6) is -0.262. The van der Waals surface area contributed by atoms with Crippen LogP contribution in [-0.4, -0.2) is 16.8 Å². The Morgan fingerprint density at radius 3 is 2.54 bits per heavy atom. The molecule has 5 heteroatoms. The number of rotatable bonds is 6. The van der Waals surface area contributed by atoms with Crippen molar-refractivity contribution in [3.63, 3.8) is 0 Å². The summed E-state index contributed by atoms with van der Waals surface area (Å²) in [6, 6.07) is 17.2. The largest absolute Gasteiger partial charge is 0.348 e. The summed E-state index contributed by atoms with van der Waals surface area (Å²) in [6.07, 6.45) is 5.03. The molecule has 5 nitrogen and oxygen atoms in total. The summed E-state index contributed by atoms with van der Waals surface area (Å²) in [6.45, 7) is 4.11. The van der Waals surface area contributed by atoms with Crippen molar-refractivity contribution in [2.75, 3.05) is 5.32 Å². The fourth-order valence-corrected chi connectivity index (χ4v) is 2.67. The number of nitrogens with zero attached hydrogens (tertiary/aromatic N) is 1. The van der Waals surface area contributed by atoms with Crippen molar-refractivity contribution in [1.29, 1.82) is 0 Å². The van der Waals surface area contributed by atoms with Gasteiger partial charge in [0.25, 0.3) is 0 Å². The van der Waals surface area contributed by atoms with E-state index in [0.29, 0.717) is 6.54 Å². The Hall–Kier alpha value is -3.47. The molecule has 28 heavy (non-hydrogen) atoms. The Morgan fingerprint density at radius 1 is 1.04 bits per heavy atom. The van der Waals surface area contributed by atoms with Crippen LogP contribution >= 0.6 is 0 Å². The molecule has 0 aliphatic rings. The van der Waals surface area contributed by atoms with Crippen molar-refractivity contribution in [3.05, 3.63) is 78.0 Å². The predicted molar refractivity (Wildman–Crippen MR) is 113 cm³/mol. The Labute approximate surface area is 164 Å².